The van der Waals surface area contributed by atoms with E-state index < -0.39 is 0 Å². The van der Waals surface area contributed by atoms with Crippen LogP contribution in [-0.2, 0) is 5.41 Å². The molecule has 0 radical (unpaired) electrons. The number of fused-ring (bicyclic) bond motifs is 1. The molecule has 19 heavy (non-hydrogen) atoms. The summed E-state index contributed by atoms with van der Waals surface area (Å²) < 4.78 is 0. The lowest BCUT2D eigenvalue weighted by Crippen LogP contribution is -2.29. The van der Waals surface area contributed by atoms with Crippen LogP contribution in [0.3, 0.4) is 0 Å². The number of rotatable bonds is 3. The molecule has 0 saturated heterocycles. The van der Waals surface area contributed by atoms with Crippen LogP contribution in [0.4, 0.5) is 0 Å². The van der Waals surface area contributed by atoms with Crippen LogP contribution < -0.4 is 5.73 Å². The molecule has 1 aliphatic carbocycles. The zero-order valence-electron chi connectivity index (χ0n) is 11.2. The van der Waals surface area contributed by atoms with Crippen molar-refractivity contribution in [3.8, 4) is 0 Å². The summed E-state index contributed by atoms with van der Waals surface area (Å²) in [4.78, 5) is 0. The van der Waals surface area contributed by atoms with Crippen molar-refractivity contribution in [1.29, 1.82) is 5.41 Å². The molecule has 0 unspecified atom stereocenters. The third kappa shape index (κ3) is 2.12. The maximum Gasteiger partial charge on any atom is 0.0914 e. The van der Waals surface area contributed by atoms with Crippen molar-refractivity contribution in [3.63, 3.8) is 0 Å². The van der Waals surface area contributed by atoms with Crippen molar-refractivity contribution >= 4 is 16.6 Å². The molecule has 0 aliphatic heterocycles. The molecule has 2 nitrogen and oxygen atoms in total. The predicted molar refractivity (Wildman–Crippen MR) is 80.6 cm³/mol. The highest BCUT2D eigenvalue weighted by Crippen LogP contribution is 2.46. The summed E-state index contributed by atoms with van der Waals surface area (Å²) in [7, 11) is 0. The molecule has 3 N–H and O–H groups in total. The Morgan fingerprint density at radius 3 is 2.47 bits per heavy atom. The number of amidine groups is 1. The van der Waals surface area contributed by atoms with Gasteiger partial charge in [0.25, 0.3) is 0 Å². The Hall–Kier alpha value is -1.83. The van der Waals surface area contributed by atoms with E-state index in [4.69, 9.17) is 11.1 Å². The molecular formula is C17H20N2. The molecule has 0 bridgehead atoms. The minimum atomic E-state index is 0.0900. The van der Waals surface area contributed by atoms with Crippen LogP contribution in [0.1, 0.15) is 37.7 Å². The first kappa shape index (κ1) is 12.2. The van der Waals surface area contributed by atoms with Gasteiger partial charge in [0.05, 0.1) is 5.84 Å². The van der Waals surface area contributed by atoms with Crippen molar-refractivity contribution in [1.82, 2.24) is 0 Å². The van der Waals surface area contributed by atoms with Gasteiger partial charge in [-0.1, -0.05) is 55.3 Å². The first-order valence-corrected chi connectivity index (χ1v) is 7.02. The SMILES string of the molecule is N=C(N)CC1(c2cccc3ccccc23)CCCC1. The largest absolute Gasteiger partial charge is 0.388 e. The molecule has 98 valence electrons. The smallest absolute Gasteiger partial charge is 0.0914 e. The second-order valence-corrected chi connectivity index (χ2v) is 5.72. The van der Waals surface area contributed by atoms with Gasteiger partial charge in [-0.3, -0.25) is 5.41 Å². The van der Waals surface area contributed by atoms with Crippen molar-refractivity contribution in [2.45, 2.75) is 37.5 Å². The van der Waals surface area contributed by atoms with Crippen LogP contribution in [0.25, 0.3) is 10.8 Å². The normalized spacial score (nSPS) is 17.7. The average molecular weight is 252 g/mol. The molecule has 2 aromatic carbocycles. The van der Waals surface area contributed by atoms with E-state index in [0.29, 0.717) is 12.3 Å². The summed E-state index contributed by atoms with van der Waals surface area (Å²) >= 11 is 0. The van der Waals surface area contributed by atoms with E-state index in [-0.39, 0.29) is 5.41 Å². The maximum absolute atomic E-state index is 7.72. The minimum Gasteiger partial charge on any atom is -0.388 e. The van der Waals surface area contributed by atoms with E-state index in [2.05, 4.69) is 42.5 Å². The Morgan fingerprint density at radius 2 is 1.74 bits per heavy atom. The lowest BCUT2D eigenvalue weighted by molar-refractivity contribution is 0.461. The summed E-state index contributed by atoms with van der Waals surface area (Å²) in [6.45, 7) is 0. The summed E-state index contributed by atoms with van der Waals surface area (Å²) in [5, 5.41) is 10.3. The fourth-order valence-corrected chi connectivity index (χ4v) is 3.65. The van der Waals surface area contributed by atoms with Crippen LogP contribution in [-0.4, -0.2) is 5.84 Å². The van der Waals surface area contributed by atoms with E-state index in [0.717, 1.165) is 12.8 Å². The van der Waals surface area contributed by atoms with Crippen LogP contribution in [0, 0.1) is 5.41 Å². The molecule has 1 saturated carbocycles. The highest BCUT2D eigenvalue weighted by molar-refractivity contribution is 5.88. The van der Waals surface area contributed by atoms with Crippen LogP contribution >= 0.6 is 0 Å². The minimum absolute atomic E-state index is 0.0900. The van der Waals surface area contributed by atoms with E-state index in [9.17, 15) is 0 Å². The van der Waals surface area contributed by atoms with Crippen molar-refractivity contribution in [3.05, 3.63) is 48.0 Å². The van der Waals surface area contributed by atoms with E-state index >= 15 is 0 Å². The summed E-state index contributed by atoms with van der Waals surface area (Å²) in [5.74, 6) is 0.315. The number of hydrogen-bond acceptors (Lipinski definition) is 1. The number of nitrogens with two attached hydrogens (primary N) is 1. The van der Waals surface area contributed by atoms with Crippen molar-refractivity contribution in [2.75, 3.05) is 0 Å². The van der Waals surface area contributed by atoms with Gasteiger partial charge in [0, 0.05) is 11.8 Å². The van der Waals surface area contributed by atoms with Gasteiger partial charge in [-0.2, -0.15) is 0 Å². The highest BCUT2D eigenvalue weighted by atomic mass is 14.7. The Morgan fingerprint density at radius 1 is 1.05 bits per heavy atom. The summed E-state index contributed by atoms with van der Waals surface area (Å²) in [6, 6.07) is 15.1. The lowest BCUT2D eigenvalue weighted by Gasteiger charge is -2.30. The Labute approximate surface area is 114 Å². The van der Waals surface area contributed by atoms with E-state index in [1.807, 2.05) is 0 Å². The standard InChI is InChI=1S/C17H20N2/c18-16(19)12-17(10-3-4-11-17)15-9-5-7-13-6-1-2-8-14(13)15/h1-2,5-9H,3-4,10-12H2,(H3,18,19). The Balaban J connectivity index is 2.18. The van der Waals surface area contributed by atoms with Gasteiger partial charge in [0.2, 0.25) is 0 Å². The van der Waals surface area contributed by atoms with Crippen molar-refractivity contribution in [2.24, 2.45) is 5.73 Å². The van der Waals surface area contributed by atoms with Gasteiger partial charge < -0.3 is 5.73 Å². The Bertz CT molecular complexity index is 604. The summed E-state index contributed by atoms with van der Waals surface area (Å²) in [6.07, 6.45) is 5.50. The van der Waals surface area contributed by atoms with Gasteiger partial charge in [-0.15, -0.1) is 0 Å². The number of hydrogen-bond donors (Lipinski definition) is 2. The molecular weight excluding hydrogens is 232 g/mol. The molecule has 1 aliphatic rings. The molecule has 0 aromatic heterocycles. The second kappa shape index (κ2) is 4.69. The molecule has 3 rings (SSSR count). The Kier molecular flexibility index (Phi) is 3.02. The maximum atomic E-state index is 7.72. The van der Waals surface area contributed by atoms with Crippen LogP contribution in [0.15, 0.2) is 42.5 Å². The zero-order valence-corrected chi connectivity index (χ0v) is 11.2. The summed E-state index contributed by atoms with van der Waals surface area (Å²) in [5.41, 5.74) is 7.20. The first-order valence-electron chi connectivity index (χ1n) is 7.02. The van der Waals surface area contributed by atoms with Gasteiger partial charge in [0.1, 0.15) is 0 Å². The predicted octanol–water partition coefficient (Wildman–Crippen LogP) is 3.98. The molecule has 1 fully saturated rings. The molecule has 2 aromatic rings. The number of nitrogens with one attached hydrogen (secondary N) is 1. The third-order valence-corrected chi connectivity index (χ3v) is 4.45. The molecule has 0 atom stereocenters. The number of benzene rings is 2. The van der Waals surface area contributed by atoms with Gasteiger partial charge in [-0.25, -0.2) is 0 Å². The first-order chi connectivity index (χ1) is 9.21. The molecule has 2 heteroatoms. The highest BCUT2D eigenvalue weighted by Gasteiger charge is 2.37. The second-order valence-electron chi connectivity index (χ2n) is 5.72. The monoisotopic (exact) mass is 252 g/mol. The quantitative estimate of drug-likeness (QED) is 0.630. The van der Waals surface area contributed by atoms with Gasteiger partial charge >= 0.3 is 0 Å². The molecule has 0 heterocycles. The van der Waals surface area contributed by atoms with Crippen LogP contribution in [0.2, 0.25) is 0 Å². The van der Waals surface area contributed by atoms with Crippen molar-refractivity contribution < 1.29 is 0 Å². The topological polar surface area (TPSA) is 49.9 Å². The van der Waals surface area contributed by atoms with Gasteiger partial charge in [0.15, 0.2) is 0 Å². The van der Waals surface area contributed by atoms with E-state index in [1.54, 1.807) is 0 Å². The molecule has 0 amide bonds. The zero-order chi connectivity index (χ0) is 13.3. The fraction of sp³-hybridized carbons (Fsp3) is 0.353. The van der Waals surface area contributed by atoms with Crippen LogP contribution in [0.5, 0.6) is 0 Å². The average Bonchev–Trinajstić information content (AvgIpc) is 2.87. The van der Waals surface area contributed by atoms with Gasteiger partial charge in [-0.05, 0) is 29.2 Å². The third-order valence-electron chi connectivity index (χ3n) is 4.45. The fourth-order valence-electron chi connectivity index (χ4n) is 3.65. The lowest BCUT2D eigenvalue weighted by atomic mass is 9.74. The van der Waals surface area contributed by atoms with E-state index in [1.165, 1.54) is 29.2 Å². The molecule has 0 spiro atoms.